The fourth-order valence-corrected chi connectivity index (χ4v) is 5.26. The van der Waals surface area contributed by atoms with Crippen molar-refractivity contribution in [1.29, 1.82) is 0 Å². The summed E-state index contributed by atoms with van der Waals surface area (Å²) in [5, 5.41) is 0. The van der Waals surface area contributed by atoms with Crippen molar-refractivity contribution >= 4 is 10.2 Å². The van der Waals surface area contributed by atoms with Gasteiger partial charge in [-0.1, -0.05) is 91.0 Å². The Morgan fingerprint density at radius 2 is 1.26 bits per heavy atom. The van der Waals surface area contributed by atoms with Crippen molar-refractivity contribution in [3.8, 4) is 0 Å². The zero-order valence-corrected chi connectivity index (χ0v) is 15.7. The van der Waals surface area contributed by atoms with Crippen LogP contribution in [0.25, 0.3) is 0 Å². The second-order valence-corrected chi connectivity index (χ2v) is 8.45. The lowest BCUT2D eigenvalue weighted by Gasteiger charge is -2.25. The first-order valence-corrected chi connectivity index (χ1v) is 10.5. The van der Waals surface area contributed by atoms with E-state index in [-0.39, 0.29) is 12.1 Å². The van der Waals surface area contributed by atoms with Gasteiger partial charge in [0.15, 0.2) is 0 Å². The number of nitrogens with one attached hydrogen (secondary N) is 1. The molecule has 1 heterocycles. The standard InChI is InChI=1S/C22H22N2O2S/c25-27(26)23-22(20-14-8-3-9-15-20)21(16-18-10-4-1-5-11-18)24(27)17-19-12-6-2-7-13-19/h1-15,21-23H,16-17H2/t21-,22-/m1/s1. The largest absolute Gasteiger partial charge is 0.280 e. The highest BCUT2D eigenvalue weighted by molar-refractivity contribution is 7.87. The predicted octanol–water partition coefficient (Wildman–Crippen LogP) is 3.69. The van der Waals surface area contributed by atoms with Gasteiger partial charge in [-0.3, -0.25) is 0 Å². The quantitative estimate of drug-likeness (QED) is 0.736. The smallest absolute Gasteiger partial charge is 0.195 e. The Morgan fingerprint density at radius 3 is 1.85 bits per heavy atom. The zero-order valence-electron chi connectivity index (χ0n) is 14.9. The first kappa shape index (κ1) is 17.9. The average Bonchev–Trinajstić information content (AvgIpc) is 2.95. The van der Waals surface area contributed by atoms with E-state index in [1.807, 2.05) is 91.0 Å². The summed E-state index contributed by atoms with van der Waals surface area (Å²) in [6.45, 7) is 0.358. The Kier molecular flexibility index (Phi) is 5.07. The summed E-state index contributed by atoms with van der Waals surface area (Å²) in [7, 11) is -3.57. The van der Waals surface area contributed by atoms with Gasteiger partial charge in [0.1, 0.15) is 0 Å². The third-order valence-electron chi connectivity index (χ3n) is 4.97. The highest BCUT2D eigenvalue weighted by Crippen LogP contribution is 2.33. The van der Waals surface area contributed by atoms with Gasteiger partial charge in [-0.25, -0.2) is 0 Å². The molecule has 3 aromatic rings. The minimum Gasteiger partial charge on any atom is -0.195 e. The molecule has 0 spiro atoms. The predicted molar refractivity (Wildman–Crippen MR) is 107 cm³/mol. The summed E-state index contributed by atoms with van der Waals surface area (Å²) in [6.07, 6.45) is 0.652. The van der Waals surface area contributed by atoms with E-state index in [1.54, 1.807) is 4.31 Å². The number of hydrogen-bond donors (Lipinski definition) is 1. The van der Waals surface area contributed by atoms with Gasteiger partial charge in [0.2, 0.25) is 0 Å². The number of rotatable bonds is 5. The molecule has 0 amide bonds. The van der Waals surface area contributed by atoms with Crippen LogP contribution < -0.4 is 4.72 Å². The van der Waals surface area contributed by atoms with Crippen LogP contribution in [0.1, 0.15) is 22.7 Å². The molecule has 5 heteroatoms. The van der Waals surface area contributed by atoms with Crippen LogP contribution in [0.15, 0.2) is 91.0 Å². The number of nitrogens with zero attached hydrogens (tertiary/aromatic N) is 1. The molecule has 27 heavy (non-hydrogen) atoms. The van der Waals surface area contributed by atoms with E-state index in [9.17, 15) is 8.42 Å². The van der Waals surface area contributed by atoms with Crippen molar-refractivity contribution in [2.75, 3.05) is 0 Å². The first-order valence-electron chi connectivity index (χ1n) is 9.05. The van der Waals surface area contributed by atoms with E-state index >= 15 is 0 Å². The maximum Gasteiger partial charge on any atom is 0.280 e. The van der Waals surface area contributed by atoms with Crippen LogP contribution in [0.4, 0.5) is 0 Å². The minimum absolute atomic E-state index is 0.194. The molecule has 2 atom stereocenters. The van der Waals surface area contributed by atoms with Crippen molar-refractivity contribution in [3.63, 3.8) is 0 Å². The zero-order chi connectivity index (χ0) is 18.7. The monoisotopic (exact) mass is 378 g/mol. The van der Waals surface area contributed by atoms with E-state index in [2.05, 4.69) is 4.72 Å². The fraction of sp³-hybridized carbons (Fsp3) is 0.182. The van der Waals surface area contributed by atoms with E-state index in [4.69, 9.17) is 0 Å². The molecule has 0 aliphatic carbocycles. The van der Waals surface area contributed by atoms with Gasteiger partial charge in [0.05, 0.1) is 12.1 Å². The minimum atomic E-state index is -3.57. The van der Waals surface area contributed by atoms with Crippen molar-refractivity contribution in [2.24, 2.45) is 0 Å². The van der Waals surface area contributed by atoms with Gasteiger partial charge < -0.3 is 0 Å². The second-order valence-electron chi connectivity index (χ2n) is 6.80. The SMILES string of the molecule is O=S1(=O)N[C@H](c2ccccc2)[C@@H](Cc2ccccc2)N1Cc1ccccc1. The van der Waals surface area contributed by atoms with Crippen molar-refractivity contribution in [1.82, 2.24) is 9.03 Å². The molecule has 4 rings (SSSR count). The van der Waals surface area contributed by atoms with E-state index in [1.165, 1.54) is 0 Å². The average molecular weight is 378 g/mol. The normalized spacial score (nSPS) is 21.9. The Hall–Kier alpha value is -2.47. The maximum atomic E-state index is 13.0. The molecular formula is C22H22N2O2S. The van der Waals surface area contributed by atoms with Crippen LogP contribution >= 0.6 is 0 Å². The number of hydrogen-bond acceptors (Lipinski definition) is 2. The van der Waals surface area contributed by atoms with Gasteiger partial charge >= 0.3 is 0 Å². The van der Waals surface area contributed by atoms with Crippen LogP contribution in [0.2, 0.25) is 0 Å². The second kappa shape index (κ2) is 7.64. The Morgan fingerprint density at radius 1 is 0.741 bits per heavy atom. The number of benzene rings is 3. The molecule has 0 unspecified atom stereocenters. The Labute approximate surface area is 160 Å². The summed E-state index contributed by atoms with van der Waals surface area (Å²) in [5.41, 5.74) is 3.09. The summed E-state index contributed by atoms with van der Waals surface area (Å²) >= 11 is 0. The molecule has 0 aromatic heterocycles. The third kappa shape index (κ3) is 3.95. The molecule has 3 aromatic carbocycles. The maximum absolute atomic E-state index is 13.0. The van der Waals surface area contributed by atoms with Gasteiger partial charge in [-0.2, -0.15) is 17.4 Å². The molecule has 1 saturated heterocycles. The molecule has 1 fully saturated rings. The Balaban J connectivity index is 1.72. The summed E-state index contributed by atoms with van der Waals surface area (Å²) in [4.78, 5) is 0. The van der Waals surface area contributed by atoms with Crippen molar-refractivity contribution in [3.05, 3.63) is 108 Å². The topological polar surface area (TPSA) is 49.4 Å². The molecule has 1 aliphatic rings. The summed E-state index contributed by atoms with van der Waals surface area (Å²) in [5.74, 6) is 0. The fourth-order valence-electron chi connectivity index (χ4n) is 3.64. The molecule has 138 valence electrons. The summed E-state index contributed by atoms with van der Waals surface area (Å²) in [6, 6.07) is 29.1. The van der Waals surface area contributed by atoms with Crippen molar-refractivity contribution < 1.29 is 8.42 Å². The highest BCUT2D eigenvalue weighted by Gasteiger charge is 2.44. The van der Waals surface area contributed by atoms with Crippen LogP contribution in [-0.4, -0.2) is 18.8 Å². The molecule has 4 nitrogen and oxygen atoms in total. The van der Waals surface area contributed by atoms with E-state index < -0.39 is 10.2 Å². The van der Waals surface area contributed by atoms with Crippen molar-refractivity contribution in [2.45, 2.75) is 25.0 Å². The molecule has 1 N–H and O–H groups in total. The Bertz CT molecular complexity index is 977. The van der Waals surface area contributed by atoms with Crippen LogP contribution in [-0.2, 0) is 23.2 Å². The molecule has 0 radical (unpaired) electrons. The van der Waals surface area contributed by atoms with Crippen LogP contribution in [0.5, 0.6) is 0 Å². The lowest BCUT2D eigenvalue weighted by atomic mass is 9.94. The lowest BCUT2D eigenvalue weighted by molar-refractivity contribution is 0.308. The molecule has 0 bridgehead atoms. The van der Waals surface area contributed by atoms with Gasteiger partial charge in [0.25, 0.3) is 10.2 Å². The van der Waals surface area contributed by atoms with E-state index in [0.717, 1.165) is 16.7 Å². The molecule has 1 aliphatic heterocycles. The first-order chi connectivity index (χ1) is 13.1. The van der Waals surface area contributed by atoms with Gasteiger partial charge in [0, 0.05) is 6.54 Å². The third-order valence-corrected chi connectivity index (χ3v) is 6.54. The highest BCUT2D eigenvalue weighted by atomic mass is 32.2. The van der Waals surface area contributed by atoms with Gasteiger partial charge in [-0.15, -0.1) is 0 Å². The van der Waals surface area contributed by atoms with Crippen LogP contribution in [0.3, 0.4) is 0 Å². The van der Waals surface area contributed by atoms with Gasteiger partial charge in [-0.05, 0) is 23.1 Å². The van der Waals surface area contributed by atoms with Crippen LogP contribution in [0, 0.1) is 0 Å². The van der Waals surface area contributed by atoms with E-state index in [0.29, 0.717) is 13.0 Å². The summed E-state index contributed by atoms with van der Waals surface area (Å²) < 4.78 is 30.4. The molecule has 0 saturated carbocycles. The molecular weight excluding hydrogens is 356 g/mol. The lowest BCUT2D eigenvalue weighted by Crippen LogP contribution is -2.36.